The number of aryl methyl sites for hydroxylation is 3. The van der Waals surface area contributed by atoms with Crippen LogP contribution < -0.4 is 111 Å². The van der Waals surface area contributed by atoms with Crippen molar-refractivity contribution in [1.82, 2.24) is 48.6 Å². The van der Waals surface area contributed by atoms with Crippen molar-refractivity contribution in [2.24, 2.45) is 5.73 Å². The summed E-state index contributed by atoms with van der Waals surface area (Å²) in [5.41, 5.74) is 3.05. The summed E-state index contributed by atoms with van der Waals surface area (Å²) in [4.78, 5) is 192. The molecule has 2 aliphatic carbocycles. The molecule has 118 heavy (non-hydrogen) atoms. The number of amides is 2. The number of aromatic amines is 3. The number of aliphatic hydroxyl groups excluding tert-OH is 1. The summed E-state index contributed by atoms with van der Waals surface area (Å²) in [7, 11) is -9.91. The number of aromatic carboxylic acids is 2. The summed E-state index contributed by atoms with van der Waals surface area (Å²) in [6.45, 7) is 3.02. The van der Waals surface area contributed by atoms with Crippen molar-refractivity contribution in [2.45, 2.75) is 95.2 Å². The first-order valence-corrected chi connectivity index (χ1v) is 38.1. The van der Waals surface area contributed by atoms with Gasteiger partial charge in [0, 0.05) is 129 Å². The Morgan fingerprint density at radius 2 is 0.966 bits per heavy atom. The first-order chi connectivity index (χ1) is 55.5. The molecule has 9 heterocycles. The summed E-state index contributed by atoms with van der Waals surface area (Å²) < 4.78 is 67.0. The zero-order chi connectivity index (χ0) is 84.0. The summed E-state index contributed by atoms with van der Waals surface area (Å²) in [6, 6.07) is 20.9. The number of H-pyrrole nitrogens is 3. The SMILES string of the molecule is Cc1cn([C@H]2C[C@@H](N)[C@@H](CO)O2)c(=O)[nH]c1=O.Cc1cn([C@H]2C[C@@H](NC(=O)c3ccc(C(=O)O)c(-c4c5ccc(=O)cc-5oc5cc([O-])ccc45)c3)[C@@H](COP(=O)([O-])O)O2)c(=O)[nH]c1=O.Cc1cn([C@H]2C[C@@H](NC(=O)c3ccc(C(=O)O)c(-c4c5ccc(=O)cc-5oc5cc([O-])ccc45)c3)[C@@H](COP(=O)([O-])n3ccnc3)O2)c(=O)[nH]c1=O.[Na+]. The van der Waals surface area contributed by atoms with Gasteiger partial charge in [0.1, 0.15) is 59.9 Å². The van der Waals surface area contributed by atoms with Gasteiger partial charge in [-0.2, -0.15) is 0 Å². The Morgan fingerprint density at radius 1 is 0.559 bits per heavy atom. The van der Waals surface area contributed by atoms with Crippen molar-refractivity contribution in [3.63, 3.8) is 0 Å². The molecule has 11 N–H and O–H groups in total. The fourth-order valence-electron chi connectivity index (χ4n) is 13.7. The summed E-state index contributed by atoms with van der Waals surface area (Å²) in [5.74, 6) is -4.77. The molecule has 4 aromatic heterocycles. The van der Waals surface area contributed by atoms with Crippen LogP contribution in [0.3, 0.4) is 0 Å². The molecule has 2 unspecified atom stereocenters. The van der Waals surface area contributed by atoms with Crippen LogP contribution in [-0.4, -0.2) is 138 Å². The monoisotopic (exact) mass is 1670 g/mol. The maximum Gasteiger partial charge on any atom is 1.00 e. The van der Waals surface area contributed by atoms with Crippen LogP contribution in [0, 0.1) is 20.8 Å². The molecule has 0 saturated carbocycles. The minimum absolute atomic E-state index is 0. The molecule has 7 aliphatic rings. The first kappa shape index (κ1) is 85.4. The van der Waals surface area contributed by atoms with Crippen molar-refractivity contribution in [3.05, 3.63) is 268 Å². The summed E-state index contributed by atoms with van der Waals surface area (Å²) in [6.07, 6.45) is 2.14. The number of carboxylic acid groups (broad SMARTS) is 2. The van der Waals surface area contributed by atoms with Crippen molar-refractivity contribution < 1.29 is 130 Å². The van der Waals surface area contributed by atoms with Gasteiger partial charge in [-0.05, 0) is 105 Å². The number of ether oxygens (including phenoxy) is 3. The average Bonchev–Trinajstić information content (AvgIpc) is 0.991. The van der Waals surface area contributed by atoms with Crippen LogP contribution in [0.25, 0.3) is 66.8 Å². The van der Waals surface area contributed by atoms with E-state index in [0.29, 0.717) is 33.9 Å². The van der Waals surface area contributed by atoms with Gasteiger partial charge in [0.15, 0.2) is 10.9 Å². The number of rotatable bonds is 19. The number of fused-ring (bicyclic) bond motifs is 4. The van der Waals surface area contributed by atoms with Crippen molar-refractivity contribution >= 4 is 61.3 Å². The van der Waals surface area contributed by atoms with E-state index in [1.165, 1.54) is 159 Å². The number of benzene rings is 6. The Labute approximate surface area is 681 Å². The van der Waals surface area contributed by atoms with Gasteiger partial charge in [-0.1, -0.05) is 24.3 Å². The van der Waals surface area contributed by atoms with Gasteiger partial charge < -0.3 is 88.7 Å². The number of aliphatic hydroxyl groups is 1. The van der Waals surface area contributed by atoms with Gasteiger partial charge in [-0.3, -0.25) is 75.7 Å². The fraction of sp³-hybridized carbons (Fsp3) is 0.240. The molecular formula is C75H65N11NaO29P2-3. The quantitative estimate of drug-likeness (QED) is 0.0246. The maximum absolute atomic E-state index is 13.9. The number of carbonyl (C=O) groups excluding carboxylic acids is 2. The van der Waals surface area contributed by atoms with Gasteiger partial charge in [-0.15, -0.1) is 11.5 Å². The van der Waals surface area contributed by atoms with Gasteiger partial charge in [-0.25, -0.2) is 29.0 Å². The molecule has 0 bridgehead atoms. The van der Waals surface area contributed by atoms with Crippen LogP contribution in [0.2, 0.25) is 0 Å². The largest absolute Gasteiger partial charge is 1.00 e. The van der Waals surface area contributed by atoms with Crippen molar-refractivity contribution in [1.29, 1.82) is 0 Å². The van der Waals surface area contributed by atoms with E-state index in [4.69, 9.17) is 43.3 Å². The van der Waals surface area contributed by atoms with Crippen molar-refractivity contribution in [3.8, 4) is 56.4 Å². The second-order valence-corrected chi connectivity index (χ2v) is 30.1. The standard InChI is InChI=1S/C34H28N5O12P.C31H26N3O13P.C10H15N3O4.Na/c1-17-14-39(34(46)37-31(17)42)29-13-25(28(51-29)15-49-52(47,48)38-9-8-35-16-38)36-32(43)18-2-5-21(33(44)45)24(10-18)30-22-6-3-19(40)11-26(22)50-27-12-20(41)4-7-23(27)30;1-14-12-34(31(41)33-28(14)37)26-11-22(25(47-26)13-45-48(42,43)44)32-29(38)15-2-5-18(30(39)40)21(8-15)27-19-6-3-16(35)9-23(19)46-24-10-17(36)4-7-20(24)27;1-5-3-13(10(16)12-9(5)15)8-2-6(11)7(4-14)17-8;/h2-12,14,16,25,28-29,40H,13,15H2,1H3,(H,36,43)(H,44,45)(H,47,48)(H,37,42,46);2-10,12,22,25-26,35H,11,13H2,1H3,(H,32,38)(H,39,40)(H,33,37,41)(H2,42,43,44);3,6-8,14H,2,4,11H2,1H3,(H,12,15,16);/q;;;+1/p-4/t25-,28-,29-;22-,25-,26-;6-,7-,8-;/m111./s1. The molecule has 3 fully saturated rings. The minimum atomic E-state index is -5.22. The Kier molecular flexibility index (Phi) is 25.1. The van der Waals surface area contributed by atoms with Crippen LogP contribution in [-0.2, 0) is 32.4 Å². The zero-order valence-corrected chi connectivity index (χ0v) is 65.8. The molecule has 40 nitrogen and oxygen atoms in total. The third-order valence-electron chi connectivity index (χ3n) is 19.4. The van der Waals surface area contributed by atoms with Gasteiger partial charge in [0.2, 0.25) is 7.75 Å². The molecule has 0 radical (unpaired) electrons. The number of imidazole rings is 1. The zero-order valence-electron chi connectivity index (χ0n) is 62.0. The van der Waals surface area contributed by atoms with E-state index < -0.39 is 147 Å². The third-order valence-corrected chi connectivity index (χ3v) is 21.2. The van der Waals surface area contributed by atoms with Crippen LogP contribution in [0.1, 0.15) is 96.1 Å². The molecule has 8 aromatic rings. The smallest absolute Gasteiger partial charge is 0.872 e. The number of hydrogen-bond donors (Lipinski definition) is 10. The number of hydrogen-bond acceptors (Lipinski definition) is 28. The van der Waals surface area contributed by atoms with Crippen LogP contribution in [0.15, 0.2) is 194 Å². The Morgan fingerprint density at radius 3 is 1.35 bits per heavy atom. The van der Waals surface area contributed by atoms with E-state index in [0.717, 1.165) is 19.8 Å². The number of carbonyl (C=O) groups is 4. The second-order valence-electron chi connectivity index (χ2n) is 27.2. The molecule has 2 amide bonds. The molecule has 5 aliphatic heterocycles. The van der Waals surface area contributed by atoms with Gasteiger partial charge in [0.25, 0.3) is 36.3 Å². The average molecular weight is 1670 g/mol. The third kappa shape index (κ3) is 18.4. The molecule has 0 spiro atoms. The van der Waals surface area contributed by atoms with E-state index in [-0.39, 0.29) is 145 Å². The number of nitrogens with one attached hydrogen (secondary N) is 5. The Hall–Kier alpha value is -12.0. The predicted molar refractivity (Wildman–Crippen MR) is 400 cm³/mol. The Balaban J connectivity index is 0.000000180. The molecule has 608 valence electrons. The number of nitrogens with zero attached hydrogens (tertiary/aromatic N) is 5. The minimum Gasteiger partial charge on any atom is -0.872 e. The number of aromatic nitrogens is 8. The van der Waals surface area contributed by atoms with E-state index in [2.05, 4.69) is 35.1 Å². The molecule has 15 rings (SSSR count). The maximum atomic E-state index is 13.9. The van der Waals surface area contributed by atoms with E-state index in [1.807, 2.05) is 0 Å². The van der Waals surface area contributed by atoms with Crippen LogP contribution in [0.5, 0.6) is 11.5 Å². The summed E-state index contributed by atoms with van der Waals surface area (Å²) in [5, 5.41) is 59.8. The van der Waals surface area contributed by atoms with E-state index >= 15 is 0 Å². The van der Waals surface area contributed by atoms with Crippen LogP contribution >= 0.6 is 15.6 Å². The molecule has 4 aromatic carbocycles. The topological polar surface area (TPSA) is 615 Å². The van der Waals surface area contributed by atoms with Crippen molar-refractivity contribution in [2.75, 3.05) is 19.8 Å². The molecule has 3 saturated heterocycles. The molecule has 43 heteroatoms. The number of phosphoric ester groups is 1. The molecular weight excluding hydrogens is 1600 g/mol. The van der Waals surface area contributed by atoms with Gasteiger partial charge >= 0.3 is 58.6 Å². The normalized spacial score (nSPS) is 19.9. The number of carboxylic acids is 2. The fourth-order valence-corrected chi connectivity index (χ4v) is 14.9. The van der Waals surface area contributed by atoms with Gasteiger partial charge in [0.05, 0.1) is 49.1 Å². The first-order valence-electron chi connectivity index (χ1n) is 35.1. The second kappa shape index (κ2) is 34.7. The van der Waals surface area contributed by atoms with E-state index in [1.54, 1.807) is 6.92 Å². The van der Waals surface area contributed by atoms with Crippen LogP contribution in [0.4, 0.5) is 0 Å². The number of nitrogens with two attached hydrogens (primary N) is 1. The van der Waals surface area contributed by atoms with E-state index in [9.17, 15) is 96.9 Å². The predicted octanol–water partition coefficient (Wildman–Crippen LogP) is -1.67. The molecule has 11 atom stereocenters. The Bertz CT molecular complexity index is 6510. The summed E-state index contributed by atoms with van der Waals surface area (Å²) >= 11 is 0. The number of phosphoric acid groups is 1.